The van der Waals surface area contributed by atoms with Crippen molar-refractivity contribution < 1.29 is 0 Å². The highest BCUT2D eigenvalue weighted by atomic mass is 32.1. The zero-order valence-electron chi connectivity index (χ0n) is 14.5. The van der Waals surface area contributed by atoms with Crippen LogP contribution in [0.1, 0.15) is 77.0 Å². The summed E-state index contributed by atoms with van der Waals surface area (Å²) in [4.78, 5) is 10.9. The van der Waals surface area contributed by atoms with Gasteiger partial charge < -0.3 is 0 Å². The number of rotatable bonds is 11. The second-order valence-electron chi connectivity index (χ2n) is 6.56. The molecular formula is C20H28N2S2. The maximum absolute atomic E-state index is 5.22. The molecule has 2 aliphatic rings. The molecule has 0 aromatic carbocycles. The fourth-order valence-electron chi connectivity index (χ4n) is 3.02. The van der Waals surface area contributed by atoms with Crippen molar-refractivity contribution in [3.63, 3.8) is 0 Å². The number of unbranched alkanes of at least 4 members (excludes halogenated alkanes) is 7. The molecule has 0 spiro atoms. The molecule has 0 saturated heterocycles. The number of hydrogen-bond donors (Lipinski definition) is 0. The lowest BCUT2D eigenvalue weighted by molar-refractivity contribution is 0.566. The minimum atomic E-state index is 0.842. The molecule has 0 amide bonds. The molecule has 0 radical (unpaired) electrons. The van der Waals surface area contributed by atoms with Crippen LogP contribution in [0.2, 0.25) is 0 Å². The number of aliphatic imine (C=N–C) groups is 2. The van der Waals surface area contributed by atoms with Crippen LogP contribution in [0.4, 0.5) is 0 Å². The van der Waals surface area contributed by atoms with E-state index in [1.54, 1.807) is 0 Å². The van der Waals surface area contributed by atoms with E-state index in [0.29, 0.717) is 0 Å². The van der Waals surface area contributed by atoms with Gasteiger partial charge in [0, 0.05) is 46.4 Å². The Kier molecular flexibility index (Phi) is 9.29. The van der Waals surface area contributed by atoms with E-state index in [4.69, 9.17) is 24.4 Å². The van der Waals surface area contributed by atoms with Crippen molar-refractivity contribution >= 4 is 46.6 Å². The van der Waals surface area contributed by atoms with E-state index in [2.05, 4.69) is 22.1 Å². The molecule has 0 aromatic rings. The third-order valence-electron chi connectivity index (χ3n) is 4.37. The monoisotopic (exact) mass is 360 g/mol. The van der Waals surface area contributed by atoms with Crippen molar-refractivity contribution in [1.29, 1.82) is 0 Å². The first-order valence-corrected chi connectivity index (χ1v) is 10.1. The highest BCUT2D eigenvalue weighted by Gasteiger charge is 2.03. The summed E-state index contributed by atoms with van der Waals surface area (Å²) in [7, 11) is 0. The van der Waals surface area contributed by atoms with Gasteiger partial charge in [0.1, 0.15) is 0 Å². The van der Waals surface area contributed by atoms with Gasteiger partial charge in [0.25, 0.3) is 0 Å². The fraction of sp³-hybridized carbons (Fsp3) is 0.600. The molecule has 0 bridgehead atoms. The minimum absolute atomic E-state index is 0.842. The van der Waals surface area contributed by atoms with Crippen molar-refractivity contribution in [2.45, 2.75) is 77.0 Å². The molecule has 2 aliphatic heterocycles. The van der Waals surface area contributed by atoms with Gasteiger partial charge in [0.15, 0.2) is 0 Å². The first-order valence-electron chi connectivity index (χ1n) is 9.26. The summed E-state index contributed by atoms with van der Waals surface area (Å²) < 4.78 is 0. The average molecular weight is 361 g/mol. The van der Waals surface area contributed by atoms with Crippen LogP contribution in [0.25, 0.3) is 0 Å². The molecule has 24 heavy (non-hydrogen) atoms. The third kappa shape index (κ3) is 8.20. The maximum Gasteiger partial charge on any atom is 0.0411 e. The van der Waals surface area contributed by atoms with E-state index in [1.165, 1.54) is 62.8 Å². The van der Waals surface area contributed by atoms with Crippen LogP contribution in [0, 0.1) is 0 Å². The van der Waals surface area contributed by atoms with Crippen LogP contribution < -0.4 is 0 Å². The zero-order valence-corrected chi connectivity index (χ0v) is 16.1. The molecule has 0 aliphatic carbocycles. The smallest absolute Gasteiger partial charge is 0.0411 e. The molecule has 0 atom stereocenters. The Morgan fingerprint density at radius 1 is 0.625 bits per heavy atom. The van der Waals surface area contributed by atoms with E-state index >= 15 is 0 Å². The van der Waals surface area contributed by atoms with Gasteiger partial charge >= 0.3 is 0 Å². The Morgan fingerprint density at radius 2 is 1.00 bits per heavy atom. The highest BCUT2D eigenvalue weighted by molar-refractivity contribution is 7.81. The van der Waals surface area contributed by atoms with Crippen molar-refractivity contribution in [3.05, 3.63) is 23.5 Å². The topological polar surface area (TPSA) is 24.7 Å². The second kappa shape index (κ2) is 11.5. The van der Waals surface area contributed by atoms with Crippen molar-refractivity contribution in [2.24, 2.45) is 9.98 Å². The molecule has 0 aromatic heterocycles. The van der Waals surface area contributed by atoms with E-state index < -0.39 is 0 Å². The predicted molar refractivity (Wildman–Crippen MR) is 114 cm³/mol. The summed E-state index contributed by atoms with van der Waals surface area (Å²) in [5, 5.41) is 0. The van der Waals surface area contributed by atoms with E-state index in [1.807, 2.05) is 12.4 Å². The molecule has 0 unspecified atom stereocenters. The molecular weight excluding hydrogens is 332 g/mol. The molecule has 2 heterocycles. The van der Waals surface area contributed by atoms with Gasteiger partial charge in [-0.05, 0) is 37.8 Å². The molecule has 4 heteroatoms. The van der Waals surface area contributed by atoms with Gasteiger partial charge in [-0.3, -0.25) is 9.98 Å². The molecule has 2 nitrogen and oxygen atoms in total. The average Bonchev–Trinajstić information content (AvgIpc) is 2.57. The van der Waals surface area contributed by atoms with Crippen molar-refractivity contribution in [1.82, 2.24) is 0 Å². The van der Waals surface area contributed by atoms with E-state index in [9.17, 15) is 0 Å². The Bertz CT molecular complexity index is 506. The summed E-state index contributed by atoms with van der Waals surface area (Å²) in [6.07, 6.45) is 22.3. The normalized spacial score (nSPS) is 17.2. The minimum Gasteiger partial charge on any atom is -0.265 e. The van der Waals surface area contributed by atoms with Crippen LogP contribution in [0.3, 0.4) is 0 Å². The second-order valence-corrected chi connectivity index (χ2v) is 7.61. The molecule has 0 saturated carbocycles. The fourth-order valence-corrected chi connectivity index (χ4v) is 3.44. The van der Waals surface area contributed by atoms with Crippen molar-refractivity contribution in [2.75, 3.05) is 0 Å². The quantitative estimate of drug-likeness (QED) is 0.317. The SMILES string of the molecule is S=C1C=C(CCCCCCCCCCC2=CC(=S)CC=N2)N=CC1. The number of hydrogen-bond acceptors (Lipinski definition) is 4. The molecule has 2 rings (SSSR count). The van der Waals surface area contributed by atoms with Gasteiger partial charge in [-0.15, -0.1) is 0 Å². The van der Waals surface area contributed by atoms with Crippen molar-refractivity contribution in [3.8, 4) is 0 Å². The highest BCUT2D eigenvalue weighted by Crippen LogP contribution is 2.17. The Balaban J connectivity index is 1.39. The number of nitrogens with zero attached hydrogens (tertiary/aromatic N) is 2. The summed E-state index contributed by atoms with van der Waals surface area (Å²) in [6, 6.07) is 0. The summed E-state index contributed by atoms with van der Waals surface area (Å²) in [5.74, 6) is 0. The predicted octanol–water partition coefficient (Wildman–Crippen LogP) is 6.34. The first-order chi connectivity index (χ1) is 11.7. The Hall–Kier alpha value is -1.00. The lowest BCUT2D eigenvalue weighted by atomic mass is 10.0. The first kappa shape index (κ1) is 19.3. The lowest BCUT2D eigenvalue weighted by Gasteiger charge is -2.07. The van der Waals surface area contributed by atoms with Crippen LogP contribution >= 0.6 is 24.4 Å². The maximum atomic E-state index is 5.22. The number of thiocarbonyl (C=S) groups is 2. The Labute approximate surface area is 157 Å². The van der Waals surface area contributed by atoms with Crippen LogP contribution in [0.5, 0.6) is 0 Å². The zero-order chi connectivity index (χ0) is 17.0. The molecule has 0 fully saturated rings. The summed E-state index contributed by atoms with van der Waals surface area (Å²) >= 11 is 10.4. The lowest BCUT2D eigenvalue weighted by Crippen LogP contribution is -1.99. The van der Waals surface area contributed by atoms with Gasteiger partial charge in [0.2, 0.25) is 0 Å². The van der Waals surface area contributed by atoms with Gasteiger partial charge in [-0.25, -0.2) is 0 Å². The van der Waals surface area contributed by atoms with Crippen LogP contribution in [0.15, 0.2) is 33.5 Å². The van der Waals surface area contributed by atoms with Gasteiger partial charge in [-0.2, -0.15) is 0 Å². The number of allylic oxidation sites excluding steroid dienone is 4. The van der Waals surface area contributed by atoms with Crippen LogP contribution in [-0.2, 0) is 0 Å². The van der Waals surface area contributed by atoms with E-state index in [-0.39, 0.29) is 0 Å². The molecule has 0 N–H and O–H groups in total. The molecule has 130 valence electrons. The van der Waals surface area contributed by atoms with Gasteiger partial charge in [-0.1, -0.05) is 63.0 Å². The van der Waals surface area contributed by atoms with Gasteiger partial charge in [0.05, 0.1) is 0 Å². The van der Waals surface area contributed by atoms with Crippen LogP contribution in [-0.4, -0.2) is 22.2 Å². The third-order valence-corrected chi connectivity index (χ3v) is 4.94. The standard InChI is InChI=1S/C20H28N2S2/c23-19-11-13-21-17(15-19)9-7-5-3-1-2-4-6-8-10-18-16-20(24)12-14-22-18/h13-16H,1-12H2. The summed E-state index contributed by atoms with van der Waals surface area (Å²) in [5.41, 5.74) is 2.34. The van der Waals surface area contributed by atoms with E-state index in [0.717, 1.165) is 35.4 Å². The summed E-state index contributed by atoms with van der Waals surface area (Å²) in [6.45, 7) is 0. The Morgan fingerprint density at radius 3 is 1.38 bits per heavy atom. The largest absolute Gasteiger partial charge is 0.265 e.